The van der Waals surface area contributed by atoms with Crippen LogP contribution in [-0.4, -0.2) is 11.5 Å². The Kier molecular flexibility index (Phi) is 3.06. The highest BCUT2D eigenvalue weighted by atomic mass is 16.4. The minimum Gasteiger partial charge on any atom is -0.441 e. The molecule has 0 saturated heterocycles. The molecule has 1 unspecified atom stereocenters. The summed E-state index contributed by atoms with van der Waals surface area (Å²) in [6, 6.07) is 8.11. The van der Waals surface area contributed by atoms with Crippen molar-refractivity contribution < 1.29 is 4.42 Å². The van der Waals surface area contributed by atoms with E-state index in [1.807, 2.05) is 19.1 Å². The van der Waals surface area contributed by atoms with Crippen LogP contribution in [0.2, 0.25) is 0 Å². The van der Waals surface area contributed by atoms with Crippen LogP contribution < -0.4 is 5.73 Å². The van der Waals surface area contributed by atoms with E-state index >= 15 is 0 Å². The second-order valence-electron chi connectivity index (χ2n) is 4.07. The SMILES string of the molecule is Cc1cccc(-c2ncc(C(C)CN)o2)c1. The van der Waals surface area contributed by atoms with Gasteiger partial charge in [0.25, 0.3) is 0 Å². The van der Waals surface area contributed by atoms with Crippen LogP contribution in [0.4, 0.5) is 0 Å². The first kappa shape index (κ1) is 10.9. The molecule has 3 heteroatoms. The monoisotopic (exact) mass is 216 g/mol. The molecule has 0 spiro atoms. The van der Waals surface area contributed by atoms with Gasteiger partial charge in [-0.25, -0.2) is 4.98 Å². The van der Waals surface area contributed by atoms with E-state index in [9.17, 15) is 0 Å². The summed E-state index contributed by atoms with van der Waals surface area (Å²) in [7, 11) is 0. The summed E-state index contributed by atoms with van der Waals surface area (Å²) >= 11 is 0. The average Bonchev–Trinajstić information content (AvgIpc) is 2.77. The van der Waals surface area contributed by atoms with Gasteiger partial charge >= 0.3 is 0 Å². The number of nitrogens with two attached hydrogens (primary N) is 1. The Bertz CT molecular complexity index is 476. The van der Waals surface area contributed by atoms with Gasteiger partial charge in [0.15, 0.2) is 0 Å². The zero-order chi connectivity index (χ0) is 11.5. The molecule has 2 rings (SSSR count). The Hall–Kier alpha value is -1.61. The number of benzene rings is 1. The van der Waals surface area contributed by atoms with Crippen molar-refractivity contribution in [2.75, 3.05) is 6.54 Å². The fraction of sp³-hybridized carbons (Fsp3) is 0.308. The Labute approximate surface area is 95.3 Å². The largest absolute Gasteiger partial charge is 0.441 e. The fourth-order valence-corrected chi connectivity index (χ4v) is 1.54. The van der Waals surface area contributed by atoms with Gasteiger partial charge in [-0.15, -0.1) is 0 Å². The highest BCUT2D eigenvalue weighted by Gasteiger charge is 2.11. The summed E-state index contributed by atoms with van der Waals surface area (Å²) in [5.74, 6) is 1.73. The highest BCUT2D eigenvalue weighted by molar-refractivity contribution is 5.54. The highest BCUT2D eigenvalue weighted by Crippen LogP contribution is 2.23. The lowest BCUT2D eigenvalue weighted by Crippen LogP contribution is -2.07. The molecule has 0 bridgehead atoms. The molecule has 0 aliphatic rings. The quantitative estimate of drug-likeness (QED) is 0.858. The summed E-state index contributed by atoms with van der Waals surface area (Å²) in [4.78, 5) is 4.27. The molecule has 84 valence electrons. The zero-order valence-corrected chi connectivity index (χ0v) is 9.60. The molecular formula is C13H16N2O. The number of aryl methyl sites for hydroxylation is 1. The Morgan fingerprint density at radius 1 is 1.44 bits per heavy atom. The molecule has 2 N–H and O–H groups in total. The number of nitrogens with zero attached hydrogens (tertiary/aromatic N) is 1. The van der Waals surface area contributed by atoms with Gasteiger partial charge in [0, 0.05) is 18.0 Å². The number of aromatic nitrogens is 1. The molecule has 1 atom stereocenters. The second kappa shape index (κ2) is 4.49. The van der Waals surface area contributed by atoms with Crippen molar-refractivity contribution >= 4 is 0 Å². The number of rotatable bonds is 3. The fourth-order valence-electron chi connectivity index (χ4n) is 1.54. The van der Waals surface area contributed by atoms with Crippen molar-refractivity contribution in [2.24, 2.45) is 5.73 Å². The van der Waals surface area contributed by atoms with Gasteiger partial charge in [0.1, 0.15) is 5.76 Å². The van der Waals surface area contributed by atoms with Gasteiger partial charge in [0.2, 0.25) is 5.89 Å². The molecule has 1 heterocycles. The van der Waals surface area contributed by atoms with Crippen molar-refractivity contribution in [3.63, 3.8) is 0 Å². The maximum atomic E-state index is 5.69. The van der Waals surface area contributed by atoms with Gasteiger partial charge in [-0.1, -0.05) is 24.6 Å². The van der Waals surface area contributed by atoms with E-state index < -0.39 is 0 Å². The van der Waals surface area contributed by atoms with Gasteiger partial charge in [-0.3, -0.25) is 0 Å². The van der Waals surface area contributed by atoms with Crippen molar-refractivity contribution in [3.8, 4) is 11.5 Å². The molecule has 2 aromatic rings. The van der Waals surface area contributed by atoms with E-state index in [4.69, 9.17) is 10.2 Å². The predicted molar refractivity (Wildman–Crippen MR) is 64.1 cm³/mol. The third-order valence-corrected chi connectivity index (χ3v) is 2.63. The lowest BCUT2D eigenvalue weighted by molar-refractivity contribution is 0.485. The number of oxazole rings is 1. The van der Waals surface area contributed by atoms with Gasteiger partial charge < -0.3 is 10.2 Å². The summed E-state index contributed by atoms with van der Waals surface area (Å²) in [6.45, 7) is 4.65. The maximum Gasteiger partial charge on any atom is 0.226 e. The molecule has 3 nitrogen and oxygen atoms in total. The number of hydrogen-bond acceptors (Lipinski definition) is 3. The van der Waals surface area contributed by atoms with E-state index in [-0.39, 0.29) is 5.92 Å². The summed E-state index contributed by atoms with van der Waals surface area (Å²) in [5.41, 5.74) is 7.80. The van der Waals surface area contributed by atoms with E-state index in [0.717, 1.165) is 11.3 Å². The van der Waals surface area contributed by atoms with Crippen LogP contribution in [0.5, 0.6) is 0 Å². The predicted octanol–water partition coefficient (Wildman–Crippen LogP) is 2.71. The van der Waals surface area contributed by atoms with Crippen molar-refractivity contribution in [3.05, 3.63) is 41.8 Å². The topological polar surface area (TPSA) is 52.0 Å². The average molecular weight is 216 g/mol. The molecule has 0 saturated carbocycles. The van der Waals surface area contributed by atoms with Crippen LogP contribution in [0.3, 0.4) is 0 Å². The Morgan fingerprint density at radius 2 is 2.25 bits per heavy atom. The molecule has 0 radical (unpaired) electrons. The smallest absolute Gasteiger partial charge is 0.226 e. The Balaban J connectivity index is 2.31. The molecule has 0 fully saturated rings. The van der Waals surface area contributed by atoms with E-state index in [0.29, 0.717) is 12.4 Å². The van der Waals surface area contributed by atoms with Crippen LogP contribution in [0.1, 0.15) is 24.2 Å². The van der Waals surface area contributed by atoms with Crippen molar-refractivity contribution in [1.29, 1.82) is 0 Å². The molecule has 0 aliphatic carbocycles. The summed E-state index contributed by atoms with van der Waals surface area (Å²) in [5, 5.41) is 0. The van der Waals surface area contributed by atoms with Crippen LogP contribution in [-0.2, 0) is 0 Å². The first-order valence-corrected chi connectivity index (χ1v) is 5.43. The van der Waals surface area contributed by atoms with Gasteiger partial charge in [0.05, 0.1) is 6.20 Å². The van der Waals surface area contributed by atoms with E-state index in [1.54, 1.807) is 6.20 Å². The van der Waals surface area contributed by atoms with Crippen LogP contribution in [0.25, 0.3) is 11.5 Å². The maximum absolute atomic E-state index is 5.69. The summed E-state index contributed by atoms with van der Waals surface area (Å²) in [6.07, 6.45) is 1.76. The molecule has 1 aromatic carbocycles. The van der Waals surface area contributed by atoms with Gasteiger partial charge in [-0.05, 0) is 19.1 Å². The minimum absolute atomic E-state index is 0.214. The molecular weight excluding hydrogens is 200 g/mol. The molecule has 0 amide bonds. The first-order chi connectivity index (χ1) is 7.70. The third-order valence-electron chi connectivity index (χ3n) is 2.63. The van der Waals surface area contributed by atoms with E-state index in [2.05, 4.69) is 24.0 Å². The van der Waals surface area contributed by atoms with Gasteiger partial charge in [-0.2, -0.15) is 0 Å². The minimum atomic E-state index is 0.214. The van der Waals surface area contributed by atoms with Crippen LogP contribution in [0.15, 0.2) is 34.9 Å². The molecule has 0 aliphatic heterocycles. The normalized spacial score (nSPS) is 12.7. The third kappa shape index (κ3) is 2.14. The van der Waals surface area contributed by atoms with E-state index in [1.165, 1.54) is 5.56 Å². The molecule has 1 aromatic heterocycles. The zero-order valence-electron chi connectivity index (χ0n) is 9.60. The second-order valence-corrected chi connectivity index (χ2v) is 4.07. The Morgan fingerprint density at radius 3 is 2.94 bits per heavy atom. The lowest BCUT2D eigenvalue weighted by Gasteiger charge is -2.02. The van der Waals surface area contributed by atoms with Crippen molar-refractivity contribution in [1.82, 2.24) is 4.98 Å². The van der Waals surface area contributed by atoms with Crippen LogP contribution in [0, 0.1) is 6.92 Å². The molecule has 16 heavy (non-hydrogen) atoms. The standard InChI is InChI=1S/C13H16N2O/c1-9-4-3-5-11(6-9)13-15-8-12(16-13)10(2)7-14/h3-6,8,10H,7,14H2,1-2H3. The van der Waals surface area contributed by atoms with Crippen LogP contribution >= 0.6 is 0 Å². The summed E-state index contributed by atoms with van der Waals surface area (Å²) < 4.78 is 5.69. The first-order valence-electron chi connectivity index (χ1n) is 5.43. The van der Waals surface area contributed by atoms with Crippen molar-refractivity contribution in [2.45, 2.75) is 19.8 Å². The lowest BCUT2D eigenvalue weighted by atomic mass is 10.1. The number of hydrogen-bond donors (Lipinski definition) is 1.